The number of anilines is 1. The number of nitrogens with one attached hydrogen (secondary N) is 1. The number of benzene rings is 2. The molecular formula is C32H31F2N7O3. The predicted molar refractivity (Wildman–Crippen MR) is 161 cm³/mol. The van der Waals surface area contributed by atoms with E-state index in [2.05, 4.69) is 26.3 Å². The molecule has 5 aliphatic rings. The first kappa shape index (κ1) is 22.2. The van der Waals surface area contributed by atoms with Crippen LogP contribution in [0.15, 0.2) is 35.3 Å². The van der Waals surface area contributed by atoms with Crippen LogP contribution in [0.1, 0.15) is 44.5 Å². The topological polar surface area (TPSA) is 109 Å². The maximum Gasteiger partial charge on any atom is 0.319 e. The van der Waals surface area contributed by atoms with Crippen LogP contribution in [-0.4, -0.2) is 86.2 Å². The zero-order chi connectivity index (χ0) is 34.7. The number of phenols is 1. The predicted octanol–water partition coefficient (Wildman–Crippen LogP) is 3.05. The molecule has 5 aliphatic heterocycles. The number of terminal acetylenes is 1. The van der Waals surface area contributed by atoms with Crippen LogP contribution in [0.5, 0.6) is 11.8 Å². The van der Waals surface area contributed by atoms with Gasteiger partial charge in [-0.15, -0.1) is 6.42 Å². The Morgan fingerprint density at radius 3 is 2.98 bits per heavy atom. The fourth-order valence-corrected chi connectivity index (χ4v) is 7.01. The Bertz CT molecular complexity index is 2150. The van der Waals surface area contributed by atoms with Crippen molar-refractivity contribution in [3.63, 3.8) is 0 Å². The fourth-order valence-electron chi connectivity index (χ4n) is 7.01. The van der Waals surface area contributed by atoms with Gasteiger partial charge in [-0.3, -0.25) is 9.69 Å². The number of piperazine rings is 1. The molecule has 7 heterocycles. The van der Waals surface area contributed by atoms with Crippen molar-refractivity contribution in [2.45, 2.75) is 55.9 Å². The van der Waals surface area contributed by atoms with Crippen LogP contribution in [0, 0.1) is 18.2 Å². The van der Waals surface area contributed by atoms with E-state index in [1.165, 1.54) is 24.4 Å². The highest BCUT2D eigenvalue weighted by Crippen LogP contribution is 2.41. The van der Waals surface area contributed by atoms with Gasteiger partial charge < -0.3 is 20.1 Å². The van der Waals surface area contributed by atoms with Crippen LogP contribution in [-0.2, 0) is 0 Å². The number of piperidine rings is 2. The molecule has 4 aromatic rings. The molecule has 0 radical (unpaired) electrons. The second-order valence-electron chi connectivity index (χ2n) is 11.7. The zero-order valence-corrected chi connectivity index (χ0v) is 23.5. The summed E-state index contributed by atoms with van der Waals surface area (Å²) in [5.74, 6) is 1.63. The lowest BCUT2D eigenvalue weighted by Crippen LogP contribution is -2.61. The van der Waals surface area contributed by atoms with Crippen molar-refractivity contribution >= 4 is 27.5 Å². The molecular weight excluding hydrogens is 568 g/mol. The number of aromatic hydroxyl groups is 1. The number of ether oxygens (including phenoxy) is 1. The van der Waals surface area contributed by atoms with Crippen molar-refractivity contribution < 1.29 is 25.5 Å². The van der Waals surface area contributed by atoms with E-state index >= 15 is 4.39 Å². The third-order valence-electron chi connectivity index (χ3n) is 9.13. The minimum absolute atomic E-state index is 0.0167. The lowest BCUT2D eigenvalue weighted by atomic mass is 9.93. The van der Waals surface area contributed by atoms with Crippen molar-refractivity contribution in [2.75, 3.05) is 37.6 Å². The van der Waals surface area contributed by atoms with Gasteiger partial charge in [-0.1, -0.05) is 12.0 Å². The molecule has 2 bridgehead atoms. The number of rotatable bonds is 5. The molecule has 9 rings (SSSR count). The second kappa shape index (κ2) is 10.1. The number of hydrogen-bond acceptors (Lipinski definition) is 9. The second-order valence-corrected chi connectivity index (χ2v) is 11.7. The highest BCUT2D eigenvalue weighted by molar-refractivity contribution is 5.97. The summed E-state index contributed by atoms with van der Waals surface area (Å²) in [6.45, 7) is -4.37. The van der Waals surface area contributed by atoms with Crippen molar-refractivity contribution in [1.82, 2.24) is 30.0 Å². The van der Waals surface area contributed by atoms with Gasteiger partial charge in [0.1, 0.15) is 35.6 Å². The van der Waals surface area contributed by atoms with Gasteiger partial charge in [-0.2, -0.15) is 19.7 Å². The van der Waals surface area contributed by atoms with Crippen molar-refractivity contribution in [3.05, 3.63) is 52.2 Å². The summed E-state index contributed by atoms with van der Waals surface area (Å²) < 4.78 is 79.8. The van der Waals surface area contributed by atoms with Crippen molar-refractivity contribution in [3.8, 4) is 29.8 Å². The number of aromatic nitrogens is 4. The van der Waals surface area contributed by atoms with Crippen LogP contribution in [0.4, 0.5) is 14.6 Å². The molecule has 44 heavy (non-hydrogen) atoms. The number of fused-ring (bicyclic) bond motifs is 6. The van der Waals surface area contributed by atoms with Gasteiger partial charge in [0, 0.05) is 52.3 Å². The Labute approximate surface area is 258 Å². The summed E-state index contributed by atoms with van der Waals surface area (Å²) in [7, 11) is 0. The first-order chi connectivity index (χ1) is 23.1. The van der Waals surface area contributed by atoms with Crippen LogP contribution in [0.3, 0.4) is 0 Å². The van der Waals surface area contributed by atoms with Gasteiger partial charge in [0.15, 0.2) is 0 Å². The highest BCUT2D eigenvalue weighted by Gasteiger charge is 2.49. The van der Waals surface area contributed by atoms with Gasteiger partial charge in [0.05, 0.1) is 32.5 Å². The molecule has 12 heteroatoms. The number of hydrogen-bond donors (Lipinski definition) is 2. The van der Waals surface area contributed by atoms with Gasteiger partial charge in [-0.05, 0) is 49.7 Å². The molecule has 10 nitrogen and oxygen atoms in total. The van der Waals surface area contributed by atoms with Gasteiger partial charge in [-0.25, -0.2) is 8.78 Å². The molecule has 2 unspecified atom stereocenters. The first-order valence-electron chi connectivity index (χ1n) is 17.0. The SMILES string of the molecule is [2H]C1([2H])CC[C@@]2(C([2H])([2H])Oc3nc(N4CC5CCC4CN5)c4cnn(-c5cc(O)cc6ccc(F)c(C#C)c56)c(=O)c4n3)C[C@@]([2H])(F)CN12. The average molecular weight is 605 g/mol. The smallest absolute Gasteiger partial charge is 0.319 e. The molecule has 0 amide bonds. The minimum Gasteiger partial charge on any atom is -0.508 e. The molecule has 226 valence electrons. The highest BCUT2D eigenvalue weighted by atomic mass is 19.1. The maximum atomic E-state index is 15.2. The Morgan fingerprint density at radius 2 is 2.20 bits per heavy atom. The van der Waals surface area contributed by atoms with E-state index in [9.17, 15) is 14.3 Å². The zero-order valence-electron chi connectivity index (χ0n) is 28.5. The number of nitrogens with zero attached hydrogens (tertiary/aromatic N) is 6. The molecule has 5 saturated heterocycles. The summed E-state index contributed by atoms with van der Waals surface area (Å²) in [5, 5.41) is 19.1. The van der Waals surface area contributed by atoms with E-state index in [1.807, 2.05) is 4.90 Å². The normalized spacial score (nSPS) is 31.2. The maximum absolute atomic E-state index is 15.2. The van der Waals surface area contributed by atoms with Gasteiger partial charge >= 0.3 is 6.01 Å². The van der Waals surface area contributed by atoms with E-state index in [1.54, 1.807) is 0 Å². The molecule has 0 saturated carbocycles. The lowest BCUT2D eigenvalue weighted by Gasteiger charge is -2.46. The van der Waals surface area contributed by atoms with E-state index in [0.717, 1.165) is 28.5 Å². The third-order valence-corrected chi connectivity index (χ3v) is 9.13. The van der Waals surface area contributed by atoms with Gasteiger partial charge in [0.25, 0.3) is 5.56 Å². The quantitative estimate of drug-likeness (QED) is 0.333. The summed E-state index contributed by atoms with van der Waals surface area (Å²) >= 11 is 0. The molecule has 2 N–H and O–H groups in total. The Morgan fingerprint density at radius 1 is 1.32 bits per heavy atom. The van der Waals surface area contributed by atoms with Crippen LogP contribution < -0.4 is 20.5 Å². The van der Waals surface area contributed by atoms with Crippen molar-refractivity contribution in [2.24, 2.45) is 0 Å². The Kier molecular flexibility index (Phi) is 5.10. The Hall–Kier alpha value is -4.34. The molecule has 2 aromatic carbocycles. The molecule has 2 aromatic heterocycles. The third kappa shape index (κ3) is 4.21. The first-order valence-corrected chi connectivity index (χ1v) is 14.5. The van der Waals surface area contributed by atoms with Crippen LogP contribution in [0.25, 0.3) is 27.4 Å². The van der Waals surface area contributed by atoms with Crippen LogP contribution >= 0.6 is 0 Å². The fraction of sp³-hybridized carbons (Fsp3) is 0.438. The van der Waals surface area contributed by atoms with Crippen LogP contribution in [0.2, 0.25) is 0 Å². The largest absolute Gasteiger partial charge is 0.508 e. The van der Waals surface area contributed by atoms with E-state index < -0.39 is 55.1 Å². The number of alkyl halides is 1. The van der Waals surface area contributed by atoms with Crippen molar-refractivity contribution in [1.29, 1.82) is 0 Å². The number of phenolic OH excluding ortho intramolecular Hbond substituents is 1. The summed E-state index contributed by atoms with van der Waals surface area (Å²) in [5.41, 5.74) is -3.06. The molecule has 0 aliphatic carbocycles. The number of halogens is 2. The monoisotopic (exact) mass is 604 g/mol. The average Bonchev–Trinajstić information content (AvgIpc) is 3.50. The standard InChI is InChI=1S/C32H31F2N7O3/c1-2-23-25(34)7-4-18-10-22(42)11-26(27(18)23)41-30(43)28-24(14-36-41)29(40-16-20-5-6-21(40)13-35-20)38-31(37-28)44-17-32-8-3-9-39(32)15-19(33)12-32/h1,4,7,10-11,14,19-21,35,42H,3,5-6,8-9,12-13,15-17H2/t19-,20?,21?,32+/m1/s1/i9D2,17D2,19D. The molecule has 0 spiro atoms. The van der Waals surface area contributed by atoms with E-state index in [0.29, 0.717) is 18.5 Å². The van der Waals surface area contributed by atoms with Gasteiger partial charge in [0.2, 0.25) is 0 Å². The summed E-state index contributed by atoms with van der Waals surface area (Å²) in [4.78, 5) is 26.3. The van der Waals surface area contributed by atoms with E-state index in [-0.39, 0.29) is 64.0 Å². The summed E-state index contributed by atoms with van der Waals surface area (Å²) in [6, 6.07) is 4.74. The molecule has 5 fully saturated rings. The Balaban J connectivity index is 1.32. The minimum atomic E-state index is -2.80. The lowest BCUT2D eigenvalue weighted by molar-refractivity contribution is 0.107. The summed E-state index contributed by atoms with van der Waals surface area (Å²) in [6.07, 6.45) is 5.27. The molecule has 4 atom stereocenters. The van der Waals surface area contributed by atoms with E-state index in [4.69, 9.17) is 18.0 Å².